The monoisotopic (exact) mass is 396 g/mol. The number of amides is 2. The first-order valence-corrected chi connectivity index (χ1v) is 9.82. The molecule has 0 unspecified atom stereocenters. The fraction of sp³-hybridized carbons (Fsp3) is 0.438. The van der Waals surface area contributed by atoms with Crippen molar-refractivity contribution >= 4 is 40.3 Å². The SMILES string of the molecule is CC(C)[C@H](CC(=O)c1csc(-c2cscn2)n1)C(=O)NCCC(=O)NO. The molecule has 2 aromatic rings. The van der Waals surface area contributed by atoms with E-state index in [1.165, 1.54) is 28.2 Å². The minimum Gasteiger partial charge on any atom is -0.355 e. The van der Waals surface area contributed by atoms with Gasteiger partial charge in [0.2, 0.25) is 11.8 Å². The topological polar surface area (TPSA) is 121 Å². The van der Waals surface area contributed by atoms with Gasteiger partial charge in [0.25, 0.3) is 0 Å². The molecule has 0 bridgehead atoms. The third kappa shape index (κ3) is 5.41. The third-order valence-corrected chi connectivity index (χ3v) is 5.22. The normalized spacial score (nSPS) is 12.0. The molecule has 140 valence electrons. The Hall–Kier alpha value is -2.17. The van der Waals surface area contributed by atoms with Gasteiger partial charge >= 0.3 is 0 Å². The van der Waals surface area contributed by atoms with Gasteiger partial charge in [-0.25, -0.2) is 15.4 Å². The number of thiazole rings is 2. The fourth-order valence-corrected chi connectivity index (χ4v) is 3.66. The van der Waals surface area contributed by atoms with Crippen LogP contribution in [0.15, 0.2) is 16.3 Å². The van der Waals surface area contributed by atoms with Gasteiger partial charge in [0.1, 0.15) is 16.4 Å². The molecule has 1 atom stereocenters. The van der Waals surface area contributed by atoms with Crippen molar-refractivity contribution in [3.63, 3.8) is 0 Å². The van der Waals surface area contributed by atoms with Crippen LogP contribution in [0.1, 0.15) is 37.2 Å². The van der Waals surface area contributed by atoms with E-state index >= 15 is 0 Å². The molecule has 26 heavy (non-hydrogen) atoms. The quantitative estimate of drug-likeness (QED) is 0.339. The summed E-state index contributed by atoms with van der Waals surface area (Å²) in [5.74, 6) is -1.66. The Morgan fingerprint density at radius 2 is 2.04 bits per heavy atom. The van der Waals surface area contributed by atoms with E-state index in [0.29, 0.717) is 10.7 Å². The minimum atomic E-state index is -0.584. The van der Waals surface area contributed by atoms with E-state index < -0.39 is 11.8 Å². The molecule has 0 saturated heterocycles. The second-order valence-electron chi connectivity index (χ2n) is 5.97. The van der Waals surface area contributed by atoms with Crippen molar-refractivity contribution in [2.45, 2.75) is 26.7 Å². The second-order valence-corrected chi connectivity index (χ2v) is 7.54. The highest BCUT2D eigenvalue weighted by molar-refractivity contribution is 7.14. The predicted octanol–water partition coefficient (Wildman–Crippen LogP) is 2.12. The van der Waals surface area contributed by atoms with Crippen LogP contribution in [0.4, 0.5) is 0 Å². The first kappa shape index (κ1) is 20.1. The number of aromatic nitrogens is 2. The summed E-state index contributed by atoms with van der Waals surface area (Å²) < 4.78 is 0. The molecule has 0 spiro atoms. The smallest absolute Gasteiger partial charge is 0.245 e. The number of carbonyl (C=O) groups is 3. The molecular formula is C16H20N4O4S2. The molecule has 0 fully saturated rings. The largest absolute Gasteiger partial charge is 0.355 e. The van der Waals surface area contributed by atoms with Gasteiger partial charge in [-0.15, -0.1) is 22.7 Å². The summed E-state index contributed by atoms with van der Waals surface area (Å²) in [7, 11) is 0. The Morgan fingerprint density at radius 3 is 2.65 bits per heavy atom. The summed E-state index contributed by atoms with van der Waals surface area (Å²) in [4.78, 5) is 44.3. The third-order valence-electron chi connectivity index (χ3n) is 3.76. The van der Waals surface area contributed by atoms with Crippen molar-refractivity contribution in [2.75, 3.05) is 6.54 Å². The van der Waals surface area contributed by atoms with E-state index in [2.05, 4.69) is 15.3 Å². The number of rotatable bonds is 9. The first-order valence-electron chi connectivity index (χ1n) is 8.00. The van der Waals surface area contributed by atoms with E-state index in [4.69, 9.17) is 5.21 Å². The Kier molecular flexibility index (Phi) is 7.37. The second kappa shape index (κ2) is 9.51. The van der Waals surface area contributed by atoms with E-state index in [-0.39, 0.29) is 37.0 Å². The van der Waals surface area contributed by atoms with Crippen molar-refractivity contribution in [2.24, 2.45) is 11.8 Å². The highest BCUT2D eigenvalue weighted by atomic mass is 32.1. The lowest BCUT2D eigenvalue weighted by Gasteiger charge is -2.19. The van der Waals surface area contributed by atoms with Crippen LogP contribution in [-0.2, 0) is 9.59 Å². The van der Waals surface area contributed by atoms with Gasteiger partial charge in [-0.05, 0) is 5.92 Å². The molecule has 10 heteroatoms. The number of hydrogen-bond acceptors (Lipinski definition) is 8. The average Bonchev–Trinajstić information content (AvgIpc) is 3.29. The zero-order chi connectivity index (χ0) is 19.1. The van der Waals surface area contributed by atoms with Gasteiger partial charge in [0.05, 0.1) is 5.51 Å². The molecule has 2 amide bonds. The van der Waals surface area contributed by atoms with Crippen LogP contribution < -0.4 is 10.8 Å². The Balaban J connectivity index is 1.97. The first-order chi connectivity index (χ1) is 12.4. The lowest BCUT2D eigenvalue weighted by Crippen LogP contribution is -2.37. The number of nitrogens with zero attached hydrogens (tertiary/aromatic N) is 2. The van der Waals surface area contributed by atoms with E-state index in [0.717, 1.165) is 5.69 Å². The summed E-state index contributed by atoms with van der Waals surface area (Å²) in [5.41, 5.74) is 4.27. The number of hydroxylamine groups is 1. The van der Waals surface area contributed by atoms with Crippen LogP contribution in [-0.4, -0.2) is 39.3 Å². The summed E-state index contributed by atoms with van der Waals surface area (Å²) in [6.07, 6.45) is 0.0000240. The number of ketones is 1. The summed E-state index contributed by atoms with van der Waals surface area (Å²) in [6.45, 7) is 3.81. The van der Waals surface area contributed by atoms with Crippen molar-refractivity contribution < 1.29 is 19.6 Å². The molecule has 0 radical (unpaired) electrons. The zero-order valence-corrected chi connectivity index (χ0v) is 16.0. The van der Waals surface area contributed by atoms with Gasteiger partial charge in [-0.3, -0.25) is 19.6 Å². The van der Waals surface area contributed by atoms with Crippen LogP contribution in [0.3, 0.4) is 0 Å². The maximum absolute atomic E-state index is 12.5. The number of Topliss-reactive ketones (excluding diaryl/α,β-unsaturated/α-hetero) is 1. The van der Waals surface area contributed by atoms with Crippen molar-refractivity contribution in [3.05, 3.63) is 22.0 Å². The molecule has 2 heterocycles. The summed E-state index contributed by atoms with van der Waals surface area (Å²) >= 11 is 2.80. The molecule has 0 aromatic carbocycles. The van der Waals surface area contributed by atoms with Crippen LogP contribution in [0.2, 0.25) is 0 Å². The Morgan fingerprint density at radius 1 is 1.27 bits per heavy atom. The maximum Gasteiger partial charge on any atom is 0.245 e. The van der Waals surface area contributed by atoms with Gasteiger partial charge in [-0.2, -0.15) is 0 Å². The Labute approximate surface area is 158 Å². The minimum absolute atomic E-state index is 0.0376. The lowest BCUT2D eigenvalue weighted by atomic mass is 9.89. The summed E-state index contributed by atoms with van der Waals surface area (Å²) in [5, 5.41) is 15.3. The molecular weight excluding hydrogens is 376 g/mol. The van der Waals surface area contributed by atoms with E-state index in [1.807, 2.05) is 19.2 Å². The van der Waals surface area contributed by atoms with Crippen LogP contribution in [0.25, 0.3) is 10.7 Å². The number of hydrogen-bond donors (Lipinski definition) is 3. The lowest BCUT2D eigenvalue weighted by molar-refractivity contribution is -0.129. The molecule has 0 aliphatic carbocycles. The van der Waals surface area contributed by atoms with Crippen LogP contribution >= 0.6 is 22.7 Å². The van der Waals surface area contributed by atoms with Gasteiger partial charge in [0, 0.05) is 36.1 Å². The molecule has 2 rings (SSSR count). The highest BCUT2D eigenvalue weighted by Gasteiger charge is 2.26. The average molecular weight is 396 g/mol. The van der Waals surface area contributed by atoms with Crippen molar-refractivity contribution in [3.8, 4) is 10.7 Å². The van der Waals surface area contributed by atoms with Crippen LogP contribution in [0.5, 0.6) is 0 Å². The van der Waals surface area contributed by atoms with Crippen molar-refractivity contribution in [1.82, 2.24) is 20.8 Å². The predicted molar refractivity (Wildman–Crippen MR) is 98.1 cm³/mol. The summed E-state index contributed by atoms with van der Waals surface area (Å²) in [6, 6.07) is 0. The van der Waals surface area contributed by atoms with Crippen molar-refractivity contribution in [1.29, 1.82) is 0 Å². The molecule has 0 saturated carbocycles. The molecule has 8 nitrogen and oxygen atoms in total. The van der Waals surface area contributed by atoms with Gasteiger partial charge < -0.3 is 5.32 Å². The Bertz CT molecular complexity index is 758. The molecule has 3 N–H and O–H groups in total. The molecule has 2 aromatic heterocycles. The standard InChI is InChI=1S/C16H20N4O4S2/c1-9(2)10(15(23)17-4-3-14(22)20-24)5-13(21)11-7-26-16(19-11)12-6-25-8-18-12/h6-10,24H,3-5H2,1-2H3,(H,17,23)(H,20,22)/t10-/m0/s1. The number of nitrogens with one attached hydrogen (secondary N) is 2. The van der Waals surface area contributed by atoms with E-state index in [1.54, 1.807) is 10.9 Å². The number of carbonyl (C=O) groups excluding carboxylic acids is 3. The fourth-order valence-electron chi connectivity index (χ4n) is 2.26. The van der Waals surface area contributed by atoms with Gasteiger partial charge in [0.15, 0.2) is 5.78 Å². The maximum atomic E-state index is 12.5. The molecule has 0 aliphatic rings. The molecule has 0 aliphatic heterocycles. The van der Waals surface area contributed by atoms with Crippen LogP contribution in [0, 0.1) is 11.8 Å². The zero-order valence-electron chi connectivity index (χ0n) is 14.4. The van der Waals surface area contributed by atoms with Gasteiger partial charge in [-0.1, -0.05) is 13.8 Å². The van der Waals surface area contributed by atoms with E-state index in [9.17, 15) is 14.4 Å². The highest BCUT2D eigenvalue weighted by Crippen LogP contribution is 2.25.